The molecule has 1 aliphatic carbocycles. The average molecular weight is 301 g/mol. The van der Waals surface area contributed by atoms with E-state index < -0.39 is 0 Å². The Morgan fingerprint density at radius 3 is 2.76 bits per heavy atom. The van der Waals surface area contributed by atoms with Crippen LogP contribution in [0.25, 0.3) is 0 Å². The second-order valence-corrected chi connectivity index (χ2v) is 5.82. The predicted octanol–water partition coefficient (Wildman–Crippen LogP) is 4.07. The van der Waals surface area contributed by atoms with Crippen LogP contribution in [-0.2, 0) is 6.42 Å². The highest BCUT2D eigenvalue weighted by molar-refractivity contribution is 9.10. The zero-order chi connectivity index (χ0) is 12.3. The summed E-state index contributed by atoms with van der Waals surface area (Å²) in [4.78, 5) is 0. The molecular formula is C14H18BrFO. The molecule has 1 N–H and O–H groups in total. The molecule has 1 aromatic rings. The van der Waals surface area contributed by atoms with Crippen LogP contribution in [-0.4, -0.2) is 11.2 Å². The Labute approximate surface area is 110 Å². The van der Waals surface area contributed by atoms with Gasteiger partial charge >= 0.3 is 0 Å². The van der Waals surface area contributed by atoms with E-state index in [2.05, 4.69) is 15.9 Å². The molecule has 0 aliphatic heterocycles. The summed E-state index contributed by atoms with van der Waals surface area (Å²) in [5.74, 6) is 0.0454. The lowest BCUT2D eigenvalue weighted by Gasteiger charge is -2.20. The van der Waals surface area contributed by atoms with E-state index in [1.165, 1.54) is 12.5 Å². The Balaban J connectivity index is 2.08. The van der Waals surface area contributed by atoms with Gasteiger partial charge in [-0.3, -0.25) is 0 Å². The summed E-state index contributed by atoms with van der Waals surface area (Å²) in [5, 5.41) is 10.0. The highest BCUT2D eigenvalue weighted by atomic mass is 79.9. The second kappa shape index (κ2) is 5.96. The van der Waals surface area contributed by atoms with Gasteiger partial charge < -0.3 is 5.11 Å². The molecule has 0 spiro atoms. The van der Waals surface area contributed by atoms with Crippen LogP contribution in [0.2, 0.25) is 0 Å². The van der Waals surface area contributed by atoms with Gasteiger partial charge in [0.15, 0.2) is 0 Å². The fourth-order valence-electron chi connectivity index (χ4n) is 2.57. The molecule has 1 saturated carbocycles. The Morgan fingerprint density at radius 2 is 2.00 bits per heavy atom. The van der Waals surface area contributed by atoms with Crippen molar-refractivity contribution < 1.29 is 9.50 Å². The SMILES string of the molecule is OC1CCCCCC1Cc1ccc(Br)cc1F. The van der Waals surface area contributed by atoms with Crippen LogP contribution in [0, 0.1) is 11.7 Å². The van der Waals surface area contributed by atoms with Gasteiger partial charge in [-0.1, -0.05) is 41.3 Å². The first-order chi connectivity index (χ1) is 8.16. The predicted molar refractivity (Wildman–Crippen MR) is 70.4 cm³/mol. The fourth-order valence-corrected chi connectivity index (χ4v) is 2.91. The van der Waals surface area contributed by atoms with Gasteiger partial charge in [0.25, 0.3) is 0 Å². The van der Waals surface area contributed by atoms with Crippen molar-refractivity contribution >= 4 is 15.9 Å². The normalized spacial score (nSPS) is 25.6. The highest BCUT2D eigenvalue weighted by Gasteiger charge is 2.22. The van der Waals surface area contributed by atoms with Crippen molar-refractivity contribution in [2.45, 2.75) is 44.6 Å². The molecule has 1 aromatic carbocycles. The molecular weight excluding hydrogens is 283 g/mol. The lowest BCUT2D eigenvalue weighted by atomic mass is 9.90. The molecule has 1 nitrogen and oxygen atoms in total. The van der Waals surface area contributed by atoms with Gasteiger partial charge in [0, 0.05) is 4.47 Å². The fraction of sp³-hybridized carbons (Fsp3) is 0.571. The molecule has 3 heteroatoms. The van der Waals surface area contributed by atoms with Gasteiger partial charge in [-0.25, -0.2) is 4.39 Å². The minimum Gasteiger partial charge on any atom is -0.393 e. The van der Waals surface area contributed by atoms with E-state index in [0.717, 1.165) is 35.7 Å². The molecule has 0 aromatic heterocycles. The van der Waals surface area contributed by atoms with Gasteiger partial charge in [0.2, 0.25) is 0 Å². The number of hydrogen-bond acceptors (Lipinski definition) is 1. The zero-order valence-electron chi connectivity index (χ0n) is 9.83. The van der Waals surface area contributed by atoms with E-state index >= 15 is 0 Å². The van der Waals surface area contributed by atoms with Crippen molar-refractivity contribution in [2.75, 3.05) is 0 Å². The summed E-state index contributed by atoms with van der Waals surface area (Å²) in [6.45, 7) is 0. The first-order valence-corrected chi connectivity index (χ1v) is 7.08. The minimum absolute atomic E-state index is 0.171. The van der Waals surface area contributed by atoms with Crippen molar-refractivity contribution in [3.8, 4) is 0 Å². The first-order valence-electron chi connectivity index (χ1n) is 6.29. The maximum atomic E-state index is 13.7. The Bertz CT molecular complexity index is 380. The zero-order valence-corrected chi connectivity index (χ0v) is 11.4. The van der Waals surface area contributed by atoms with Crippen molar-refractivity contribution in [3.63, 3.8) is 0 Å². The lowest BCUT2D eigenvalue weighted by Crippen LogP contribution is -2.21. The molecule has 0 radical (unpaired) electrons. The van der Waals surface area contributed by atoms with Crippen LogP contribution in [0.3, 0.4) is 0 Å². The highest BCUT2D eigenvalue weighted by Crippen LogP contribution is 2.28. The van der Waals surface area contributed by atoms with E-state index in [9.17, 15) is 9.50 Å². The van der Waals surface area contributed by atoms with Gasteiger partial charge in [-0.05, 0) is 42.9 Å². The van der Waals surface area contributed by atoms with Crippen molar-refractivity contribution in [2.24, 2.45) is 5.92 Å². The lowest BCUT2D eigenvalue weighted by molar-refractivity contribution is 0.100. The van der Waals surface area contributed by atoms with Crippen molar-refractivity contribution in [1.29, 1.82) is 0 Å². The molecule has 0 heterocycles. The standard InChI is InChI=1S/C14H18BrFO/c15-12-7-6-10(13(16)9-12)8-11-4-2-1-3-5-14(11)17/h6-7,9,11,14,17H,1-5,8H2. The van der Waals surface area contributed by atoms with Crippen LogP contribution < -0.4 is 0 Å². The third kappa shape index (κ3) is 3.52. The molecule has 1 fully saturated rings. The summed E-state index contributed by atoms with van der Waals surface area (Å²) in [7, 11) is 0. The Hall–Kier alpha value is -0.410. The van der Waals surface area contributed by atoms with Crippen molar-refractivity contribution in [3.05, 3.63) is 34.1 Å². The number of aliphatic hydroxyl groups excluding tert-OH is 1. The monoisotopic (exact) mass is 300 g/mol. The third-order valence-corrected chi connectivity index (χ3v) is 4.11. The molecule has 1 aliphatic rings. The summed E-state index contributed by atoms with van der Waals surface area (Å²) in [5.41, 5.74) is 0.721. The van der Waals surface area contributed by atoms with Gasteiger partial charge in [0.05, 0.1) is 6.10 Å². The van der Waals surface area contributed by atoms with Crippen LogP contribution in [0.4, 0.5) is 4.39 Å². The first kappa shape index (κ1) is 13.0. The summed E-state index contributed by atoms with van der Waals surface area (Å²) < 4.78 is 14.5. The number of aliphatic hydroxyl groups is 1. The molecule has 2 rings (SSSR count). The summed E-state index contributed by atoms with van der Waals surface area (Å²) in [6.07, 6.45) is 5.71. The number of rotatable bonds is 2. The molecule has 0 amide bonds. The third-order valence-electron chi connectivity index (χ3n) is 3.62. The Morgan fingerprint density at radius 1 is 1.24 bits per heavy atom. The second-order valence-electron chi connectivity index (χ2n) is 4.91. The van der Waals surface area contributed by atoms with Gasteiger partial charge in [-0.15, -0.1) is 0 Å². The molecule has 0 saturated heterocycles. The molecule has 0 bridgehead atoms. The molecule has 2 atom stereocenters. The largest absolute Gasteiger partial charge is 0.393 e. The quantitative estimate of drug-likeness (QED) is 0.816. The maximum Gasteiger partial charge on any atom is 0.127 e. The number of hydrogen-bond donors (Lipinski definition) is 1. The van der Waals surface area contributed by atoms with Gasteiger partial charge in [0.1, 0.15) is 5.82 Å². The van der Waals surface area contributed by atoms with E-state index in [0.29, 0.717) is 6.42 Å². The smallest absolute Gasteiger partial charge is 0.127 e. The van der Waals surface area contributed by atoms with Crippen LogP contribution in [0.1, 0.15) is 37.7 Å². The van der Waals surface area contributed by atoms with Gasteiger partial charge in [-0.2, -0.15) is 0 Å². The summed E-state index contributed by atoms with van der Waals surface area (Å²) >= 11 is 3.26. The molecule has 17 heavy (non-hydrogen) atoms. The van der Waals surface area contributed by atoms with Crippen LogP contribution >= 0.6 is 15.9 Å². The molecule has 2 unspecified atom stereocenters. The topological polar surface area (TPSA) is 20.2 Å². The maximum absolute atomic E-state index is 13.7. The molecule has 94 valence electrons. The Kier molecular flexibility index (Phi) is 4.57. The van der Waals surface area contributed by atoms with Crippen LogP contribution in [0.15, 0.2) is 22.7 Å². The van der Waals surface area contributed by atoms with E-state index in [4.69, 9.17) is 0 Å². The number of halogens is 2. The van der Waals surface area contributed by atoms with Crippen molar-refractivity contribution in [1.82, 2.24) is 0 Å². The minimum atomic E-state index is -0.263. The van der Waals surface area contributed by atoms with E-state index in [1.54, 1.807) is 0 Å². The van der Waals surface area contributed by atoms with Crippen LogP contribution in [0.5, 0.6) is 0 Å². The average Bonchev–Trinajstić information content (AvgIpc) is 2.48. The van der Waals surface area contributed by atoms with E-state index in [1.807, 2.05) is 12.1 Å². The van der Waals surface area contributed by atoms with E-state index in [-0.39, 0.29) is 17.8 Å². The summed E-state index contributed by atoms with van der Waals surface area (Å²) in [6, 6.07) is 5.18. The number of benzene rings is 1.